The molecule has 1 unspecified atom stereocenters. The second kappa shape index (κ2) is 4.04. The Balaban J connectivity index is 2.43. The number of carbonyl (C=O) groups is 1. The molecule has 1 atom stereocenters. The zero-order valence-corrected chi connectivity index (χ0v) is 10.8. The first-order valence-electron chi connectivity index (χ1n) is 5.83. The Morgan fingerprint density at radius 2 is 2.06 bits per heavy atom. The van der Waals surface area contributed by atoms with E-state index in [4.69, 9.17) is 5.73 Å². The molecule has 0 aliphatic carbocycles. The number of amides is 1. The van der Waals surface area contributed by atoms with Gasteiger partial charge in [-0.25, -0.2) is 0 Å². The van der Waals surface area contributed by atoms with Gasteiger partial charge < -0.3 is 15.5 Å². The fourth-order valence-electron chi connectivity index (χ4n) is 2.06. The molecule has 17 heavy (non-hydrogen) atoms. The van der Waals surface area contributed by atoms with Crippen molar-refractivity contribution in [1.29, 1.82) is 0 Å². The summed E-state index contributed by atoms with van der Waals surface area (Å²) in [7, 11) is 3.82. The molecule has 1 amide bonds. The van der Waals surface area contributed by atoms with Gasteiger partial charge in [0, 0.05) is 31.4 Å². The number of rotatable bonds is 2. The van der Waals surface area contributed by atoms with E-state index in [1.807, 2.05) is 25.2 Å². The lowest BCUT2D eigenvalue weighted by atomic mass is 10.1. The van der Waals surface area contributed by atoms with Crippen molar-refractivity contribution in [3.8, 4) is 0 Å². The highest BCUT2D eigenvalue weighted by Crippen LogP contribution is 2.36. The zero-order valence-electron chi connectivity index (χ0n) is 10.8. The number of hydrogen-bond acceptors (Lipinski definition) is 3. The minimum Gasteiger partial charge on any atom is -0.372 e. The van der Waals surface area contributed by atoms with E-state index < -0.39 is 6.04 Å². The second-order valence-corrected chi connectivity index (χ2v) is 4.82. The van der Waals surface area contributed by atoms with Crippen LogP contribution < -0.4 is 15.5 Å². The largest absolute Gasteiger partial charge is 0.372 e. The van der Waals surface area contributed by atoms with Crippen LogP contribution >= 0.6 is 0 Å². The Kier molecular flexibility index (Phi) is 2.83. The Morgan fingerprint density at radius 1 is 1.41 bits per heavy atom. The Bertz CT molecular complexity index is 456. The van der Waals surface area contributed by atoms with Crippen LogP contribution in [0.5, 0.6) is 0 Å². The van der Waals surface area contributed by atoms with Gasteiger partial charge in [0.2, 0.25) is 5.91 Å². The summed E-state index contributed by atoms with van der Waals surface area (Å²) in [5, 5.41) is 0. The lowest BCUT2D eigenvalue weighted by molar-refractivity contribution is -0.118. The summed E-state index contributed by atoms with van der Waals surface area (Å²) in [5.41, 5.74) is 8.80. The van der Waals surface area contributed by atoms with E-state index in [-0.39, 0.29) is 5.91 Å². The minimum absolute atomic E-state index is 0.0376. The predicted molar refractivity (Wildman–Crippen MR) is 70.3 cm³/mol. The van der Waals surface area contributed by atoms with Gasteiger partial charge in [-0.05, 0) is 26.0 Å². The zero-order chi connectivity index (χ0) is 12.7. The average molecular weight is 233 g/mol. The normalized spacial score (nSPS) is 18.8. The van der Waals surface area contributed by atoms with Gasteiger partial charge in [0.1, 0.15) is 6.04 Å². The van der Waals surface area contributed by atoms with E-state index in [0.29, 0.717) is 6.04 Å². The van der Waals surface area contributed by atoms with Crippen LogP contribution in [0.2, 0.25) is 0 Å². The molecule has 2 N–H and O–H groups in total. The highest BCUT2D eigenvalue weighted by atomic mass is 16.2. The third kappa shape index (κ3) is 1.78. The standard InChI is InChI=1S/C13H19N3O/c1-8(2)15(3)9-5-6-10-11(7-9)16(4)13(17)12(10)14/h5-8,12H,14H2,1-4H3. The number of nitrogens with two attached hydrogens (primary N) is 1. The van der Waals surface area contributed by atoms with E-state index in [1.165, 1.54) is 0 Å². The molecule has 1 aliphatic rings. The molecular weight excluding hydrogens is 214 g/mol. The number of hydrogen-bond donors (Lipinski definition) is 1. The molecule has 0 spiro atoms. The molecule has 1 aromatic rings. The average Bonchev–Trinajstić information content (AvgIpc) is 2.53. The van der Waals surface area contributed by atoms with Crippen molar-refractivity contribution in [3.63, 3.8) is 0 Å². The third-order valence-electron chi connectivity index (χ3n) is 3.49. The topological polar surface area (TPSA) is 49.6 Å². The quantitative estimate of drug-likeness (QED) is 0.842. The highest BCUT2D eigenvalue weighted by Gasteiger charge is 2.32. The van der Waals surface area contributed by atoms with Crippen LogP contribution in [-0.4, -0.2) is 26.0 Å². The van der Waals surface area contributed by atoms with Crippen molar-refractivity contribution in [2.45, 2.75) is 25.9 Å². The number of nitrogens with zero attached hydrogens (tertiary/aromatic N) is 2. The molecule has 0 bridgehead atoms. The highest BCUT2D eigenvalue weighted by molar-refractivity contribution is 6.04. The Hall–Kier alpha value is -1.55. The van der Waals surface area contributed by atoms with Crippen molar-refractivity contribution < 1.29 is 4.79 Å². The summed E-state index contributed by atoms with van der Waals surface area (Å²) < 4.78 is 0. The first-order chi connectivity index (χ1) is 7.93. The summed E-state index contributed by atoms with van der Waals surface area (Å²) in [6, 6.07) is 5.92. The van der Waals surface area contributed by atoms with E-state index in [1.54, 1.807) is 11.9 Å². The maximum atomic E-state index is 11.8. The predicted octanol–water partition coefficient (Wildman–Crippen LogP) is 1.51. The van der Waals surface area contributed by atoms with Gasteiger partial charge in [-0.15, -0.1) is 0 Å². The summed E-state index contributed by atoms with van der Waals surface area (Å²) >= 11 is 0. The van der Waals surface area contributed by atoms with Crippen LogP contribution in [-0.2, 0) is 4.79 Å². The SMILES string of the molecule is CC(C)N(C)c1ccc2c(c1)N(C)C(=O)C2N. The number of benzene rings is 1. The lowest BCUT2D eigenvalue weighted by Crippen LogP contribution is -2.28. The maximum absolute atomic E-state index is 11.8. The Labute approximate surface area is 102 Å². The summed E-state index contributed by atoms with van der Waals surface area (Å²) in [5.74, 6) is -0.0376. The number of anilines is 2. The Morgan fingerprint density at radius 3 is 2.65 bits per heavy atom. The molecule has 92 valence electrons. The molecular formula is C13H19N3O. The van der Waals surface area contributed by atoms with Crippen LogP contribution in [0.15, 0.2) is 18.2 Å². The van der Waals surface area contributed by atoms with Crippen molar-refractivity contribution in [1.82, 2.24) is 0 Å². The fraction of sp³-hybridized carbons (Fsp3) is 0.462. The van der Waals surface area contributed by atoms with Crippen LogP contribution in [0.4, 0.5) is 11.4 Å². The van der Waals surface area contributed by atoms with E-state index in [2.05, 4.69) is 18.7 Å². The van der Waals surface area contributed by atoms with Gasteiger partial charge in [0.15, 0.2) is 0 Å². The molecule has 1 heterocycles. The van der Waals surface area contributed by atoms with Gasteiger partial charge >= 0.3 is 0 Å². The molecule has 0 fully saturated rings. The molecule has 0 saturated carbocycles. The maximum Gasteiger partial charge on any atom is 0.248 e. The lowest BCUT2D eigenvalue weighted by Gasteiger charge is -2.25. The van der Waals surface area contributed by atoms with Crippen LogP contribution in [0.25, 0.3) is 0 Å². The van der Waals surface area contributed by atoms with Gasteiger partial charge in [-0.2, -0.15) is 0 Å². The molecule has 4 nitrogen and oxygen atoms in total. The van der Waals surface area contributed by atoms with Gasteiger partial charge in [-0.3, -0.25) is 4.79 Å². The van der Waals surface area contributed by atoms with E-state index in [9.17, 15) is 4.79 Å². The smallest absolute Gasteiger partial charge is 0.248 e. The van der Waals surface area contributed by atoms with Crippen LogP contribution in [0, 0.1) is 0 Å². The number of carbonyl (C=O) groups excluding carboxylic acids is 1. The first kappa shape index (κ1) is 11.9. The van der Waals surface area contributed by atoms with Crippen LogP contribution in [0.1, 0.15) is 25.5 Å². The fourth-order valence-corrected chi connectivity index (χ4v) is 2.06. The molecule has 2 rings (SSSR count). The van der Waals surface area contributed by atoms with E-state index >= 15 is 0 Å². The van der Waals surface area contributed by atoms with Crippen molar-refractivity contribution >= 4 is 17.3 Å². The third-order valence-corrected chi connectivity index (χ3v) is 3.49. The number of fused-ring (bicyclic) bond motifs is 1. The molecule has 0 aromatic heterocycles. The van der Waals surface area contributed by atoms with Gasteiger partial charge in [0.25, 0.3) is 0 Å². The molecule has 1 aromatic carbocycles. The summed E-state index contributed by atoms with van der Waals surface area (Å²) in [4.78, 5) is 15.6. The van der Waals surface area contributed by atoms with Crippen molar-refractivity contribution in [2.24, 2.45) is 5.73 Å². The van der Waals surface area contributed by atoms with Gasteiger partial charge in [0.05, 0.1) is 5.69 Å². The molecule has 0 radical (unpaired) electrons. The van der Waals surface area contributed by atoms with Crippen molar-refractivity contribution in [2.75, 3.05) is 23.9 Å². The summed E-state index contributed by atoms with van der Waals surface area (Å²) in [6.45, 7) is 4.27. The van der Waals surface area contributed by atoms with E-state index in [0.717, 1.165) is 16.9 Å². The monoisotopic (exact) mass is 233 g/mol. The second-order valence-electron chi connectivity index (χ2n) is 4.82. The van der Waals surface area contributed by atoms with Crippen molar-refractivity contribution in [3.05, 3.63) is 23.8 Å². The summed E-state index contributed by atoms with van der Waals surface area (Å²) in [6.07, 6.45) is 0. The van der Waals surface area contributed by atoms with Crippen LogP contribution in [0.3, 0.4) is 0 Å². The molecule has 1 aliphatic heterocycles. The molecule has 4 heteroatoms. The molecule has 0 saturated heterocycles. The minimum atomic E-state index is -0.506. The number of likely N-dealkylation sites (N-methyl/N-ethyl adjacent to an activating group) is 1. The van der Waals surface area contributed by atoms with Gasteiger partial charge in [-0.1, -0.05) is 6.07 Å². The first-order valence-corrected chi connectivity index (χ1v) is 5.83.